The van der Waals surface area contributed by atoms with Crippen LogP contribution in [0, 0.1) is 0 Å². The van der Waals surface area contributed by atoms with Gasteiger partial charge in [0.1, 0.15) is 11.9 Å². The minimum atomic E-state index is -0.190. The van der Waals surface area contributed by atoms with Crippen molar-refractivity contribution in [1.29, 1.82) is 0 Å². The zero-order valence-electron chi connectivity index (χ0n) is 10.5. The number of ether oxygens (including phenoxy) is 1. The van der Waals surface area contributed by atoms with Gasteiger partial charge in [0.2, 0.25) is 0 Å². The molecule has 0 aliphatic carbocycles. The molecule has 0 amide bonds. The molecular formula is C14H16BrNO2S. The van der Waals surface area contributed by atoms with E-state index in [0.717, 1.165) is 20.7 Å². The summed E-state index contributed by atoms with van der Waals surface area (Å²) < 4.78 is 7.00. The quantitative estimate of drug-likeness (QED) is 0.875. The minimum Gasteiger partial charge on any atom is -0.483 e. The number of rotatable bonds is 5. The first-order chi connectivity index (χ1) is 9.10. The Balaban J connectivity index is 2.21. The number of hydrogen-bond donors (Lipinski definition) is 2. The summed E-state index contributed by atoms with van der Waals surface area (Å²) in [5, 5.41) is 11.2. The summed E-state index contributed by atoms with van der Waals surface area (Å²) in [5.74, 6) is 0.721. The Kier molecular flexibility index (Phi) is 4.99. The van der Waals surface area contributed by atoms with Gasteiger partial charge in [0.05, 0.1) is 6.61 Å². The van der Waals surface area contributed by atoms with Gasteiger partial charge in [-0.15, -0.1) is 11.3 Å². The smallest absolute Gasteiger partial charge is 0.148 e. The molecule has 3 nitrogen and oxygen atoms in total. The highest BCUT2D eigenvalue weighted by Gasteiger charge is 2.20. The van der Waals surface area contributed by atoms with Gasteiger partial charge >= 0.3 is 0 Å². The molecule has 102 valence electrons. The third-order valence-corrected chi connectivity index (χ3v) is 4.44. The summed E-state index contributed by atoms with van der Waals surface area (Å²) >= 11 is 5.05. The van der Waals surface area contributed by atoms with E-state index >= 15 is 0 Å². The average molecular weight is 342 g/mol. The Hall–Kier alpha value is -0.880. The Morgan fingerprint density at radius 1 is 1.42 bits per heavy atom. The van der Waals surface area contributed by atoms with Gasteiger partial charge in [-0.25, -0.2) is 0 Å². The number of hydrogen-bond acceptors (Lipinski definition) is 4. The SMILES string of the molecule is CC(N)C(Oc1cccc(CO)c1)c1cc(Br)cs1. The van der Waals surface area contributed by atoms with Gasteiger partial charge in [0, 0.05) is 20.8 Å². The van der Waals surface area contributed by atoms with E-state index in [9.17, 15) is 0 Å². The van der Waals surface area contributed by atoms with Crippen LogP contribution >= 0.6 is 27.3 Å². The van der Waals surface area contributed by atoms with Crippen molar-refractivity contribution in [3.63, 3.8) is 0 Å². The van der Waals surface area contributed by atoms with E-state index < -0.39 is 0 Å². The highest BCUT2D eigenvalue weighted by atomic mass is 79.9. The molecule has 0 saturated carbocycles. The second kappa shape index (κ2) is 6.52. The van der Waals surface area contributed by atoms with Crippen LogP contribution in [0.4, 0.5) is 0 Å². The maximum Gasteiger partial charge on any atom is 0.148 e. The molecule has 19 heavy (non-hydrogen) atoms. The fraction of sp³-hybridized carbons (Fsp3) is 0.286. The molecule has 0 radical (unpaired) electrons. The Labute approximate surface area is 125 Å². The normalized spacial score (nSPS) is 14.1. The van der Waals surface area contributed by atoms with Crippen molar-refractivity contribution >= 4 is 27.3 Å². The number of nitrogens with two attached hydrogens (primary N) is 1. The van der Waals surface area contributed by atoms with Gasteiger partial charge in [0.15, 0.2) is 0 Å². The van der Waals surface area contributed by atoms with Crippen LogP contribution in [-0.4, -0.2) is 11.1 Å². The maximum absolute atomic E-state index is 9.14. The molecule has 0 bridgehead atoms. The van der Waals surface area contributed by atoms with Gasteiger partial charge in [-0.05, 0) is 46.6 Å². The fourth-order valence-corrected chi connectivity index (χ4v) is 3.35. The number of benzene rings is 1. The van der Waals surface area contributed by atoms with Crippen molar-refractivity contribution in [2.24, 2.45) is 5.73 Å². The second-order valence-corrected chi connectivity index (χ2v) is 6.23. The first kappa shape index (κ1) is 14.5. The molecule has 1 heterocycles. The lowest BCUT2D eigenvalue weighted by atomic mass is 10.1. The highest BCUT2D eigenvalue weighted by molar-refractivity contribution is 9.10. The molecule has 0 saturated heterocycles. The number of aliphatic hydroxyl groups is 1. The van der Waals surface area contributed by atoms with E-state index in [1.165, 1.54) is 0 Å². The van der Waals surface area contributed by atoms with Gasteiger partial charge < -0.3 is 15.6 Å². The van der Waals surface area contributed by atoms with Crippen LogP contribution in [0.25, 0.3) is 0 Å². The number of aliphatic hydroxyl groups excluding tert-OH is 1. The lowest BCUT2D eigenvalue weighted by Crippen LogP contribution is -2.28. The van der Waals surface area contributed by atoms with Gasteiger partial charge in [-0.1, -0.05) is 12.1 Å². The van der Waals surface area contributed by atoms with Crippen LogP contribution in [0.2, 0.25) is 0 Å². The minimum absolute atomic E-state index is 0.00456. The molecule has 2 rings (SSSR count). The summed E-state index contributed by atoms with van der Waals surface area (Å²) in [6, 6.07) is 9.33. The Bertz CT molecular complexity index is 542. The molecule has 0 spiro atoms. The molecule has 3 N–H and O–H groups in total. The van der Waals surface area contributed by atoms with E-state index in [-0.39, 0.29) is 18.8 Å². The Morgan fingerprint density at radius 2 is 2.21 bits per heavy atom. The van der Waals surface area contributed by atoms with Crippen molar-refractivity contribution in [3.05, 3.63) is 50.6 Å². The van der Waals surface area contributed by atoms with E-state index in [1.54, 1.807) is 11.3 Å². The fourth-order valence-electron chi connectivity index (χ4n) is 1.77. The van der Waals surface area contributed by atoms with Crippen LogP contribution in [0.1, 0.15) is 23.5 Å². The summed E-state index contributed by atoms with van der Waals surface area (Å²) in [5.41, 5.74) is 6.84. The third-order valence-electron chi connectivity index (χ3n) is 2.69. The van der Waals surface area contributed by atoms with E-state index in [0.29, 0.717) is 0 Å². The molecule has 0 aliphatic rings. The number of thiophene rings is 1. The first-order valence-corrected chi connectivity index (χ1v) is 7.63. The van der Waals surface area contributed by atoms with Crippen molar-refractivity contribution in [3.8, 4) is 5.75 Å². The van der Waals surface area contributed by atoms with Crippen LogP contribution in [-0.2, 0) is 6.61 Å². The highest BCUT2D eigenvalue weighted by Crippen LogP contribution is 2.31. The summed E-state index contributed by atoms with van der Waals surface area (Å²) in [4.78, 5) is 1.08. The molecule has 2 unspecified atom stereocenters. The van der Waals surface area contributed by atoms with Gasteiger partial charge in [-0.3, -0.25) is 0 Å². The maximum atomic E-state index is 9.14. The molecule has 1 aromatic heterocycles. The van der Waals surface area contributed by atoms with E-state index in [2.05, 4.69) is 15.9 Å². The van der Waals surface area contributed by atoms with Crippen LogP contribution in [0.3, 0.4) is 0 Å². The lowest BCUT2D eigenvalue weighted by molar-refractivity contribution is 0.183. The van der Waals surface area contributed by atoms with E-state index in [1.807, 2.05) is 42.6 Å². The zero-order chi connectivity index (χ0) is 13.8. The lowest BCUT2D eigenvalue weighted by Gasteiger charge is -2.21. The predicted octanol–water partition coefficient (Wildman–Crippen LogP) is 3.47. The summed E-state index contributed by atoms with van der Waals surface area (Å²) in [6.07, 6.45) is -0.190. The van der Waals surface area contributed by atoms with Crippen molar-refractivity contribution in [1.82, 2.24) is 0 Å². The van der Waals surface area contributed by atoms with Crippen LogP contribution < -0.4 is 10.5 Å². The monoisotopic (exact) mass is 341 g/mol. The standard InChI is InChI=1S/C14H16BrNO2S/c1-9(16)14(13-6-11(15)8-19-13)18-12-4-2-3-10(5-12)7-17/h2-6,8-9,14,17H,7,16H2,1H3. The molecular weight excluding hydrogens is 326 g/mol. The van der Waals surface area contributed by atoms with Crippen LogP contribution in [0.5, 0.6) is 5.75 Å². The van der Waals surface area contributed by atoms with Crippen molar-refractivity contribution in [2.75, 3.05) is 0 Å². The molecule has 5 heteroatoms. The van der Waals surface area contributed by atoms with Crippen molar-refractivity contribution in [2.45, 2.75) is 25.7 Å². The van der Waals surface area contributed by atoms with Crippen molar-refractivity contribution < 1.29 is 9.84 Å². The predicted molar refractivity (Wildman–Crippen MR) is 81.4 cm³/mol. The average Bonchev–Trinajstić information content (AvgIpc) is 2.82. The molecule has 2 atom stereocenters. The van der Waals surface area contributed by atoms with Gasteiger partial charge in [0.25, 0.3) is 0 Å². The largest absolute Gasteiger partial charge is 0.483 e. The van der Waals surface area contributed by atoms with E-state index in [4.69, 9.17) is 15.6 Å². The van der Waals surface area contributed by atoms with Crippen LogP contribution in [0.15, 0.2) is 40.2 Å². The molecule has 1 aromatic carbocycles. The summed E-state index contributed by atoms with van der Waals surface area (Å²) in [7, 11) is 0. The number of halogens is 1. The Morgan fingerprint density at radius 3 is 2.79 bits per heavy atom. The topological polar surface area (TPSA) is 55.5 Å². The summed E-state index contributed by atoms with van der Waals surface area (Å²) in [6.45, 7) is 1.93. The first-order valence-electron chi connectivity index (χ1n) is 5.96. The third kappa shape index (κ3) is 3.79. The molecule has 2 aromatic rings. The molecule has 0 aliphatic heterocycles. The van der Waals surface area contributed by atoms with Gasteiger partial charge in [-0.2, -0.15) is 0 Å². The molecule has 0 fully saturated rings. The second-order valence-electron chi connectivity index (χ2n) is 4.37. The zero-order valence-corrected chi connectivity index (χ0v) is 12.9.